The van der Waals surface area contributed by atoms with Crippen molar-refractivity contribution in [1.82, 2.24) is 29.9 Å². The van der Waals surface area contributed by atoms with E-state index in [4.69, 9.17) is 15.2 Å². The molecule has 3 aromatic rings. The second-order valence-corrected chi connectivity index (χ2v) is 7.49. The molecule has 3 rings (SSSR count). The number of hydrogen-bond donors (Lipinski definition) is 3. The number of nitrogens with zero attached hydrogens (tertiary/aromatic N) is 5. The van der Waals surface area contributed by atoms with Crippen LogP contribution >= 0.6 is 0 Å². The van der Waals surface area contributed by atoms with Crippen molar-refractivity contribution >= 4 is 11.5 Å². The van der Waals surface area contributed by atoms with Crippen LogP contribution < -0.4 is 20.5 Å². The number of ether oxygens (including phenoxy) is 2. The minimum Gasteiger partial charge on any atom is -0.476 e. The minimum atomic E-state index is -0.166. The molecular formula is C21H31N7O3. The van der Waals surface area contributed by atoms with E-state index in [1.165, 1.54) is 0 Å². The third kappa shape index (κ3) is 6.02. The molecule has 10 nitrogen and oxygen atoms in total. The second-order valence-electron chi connectivity index (χ2n) is 7.49. The van der Waals surface area contributed by atoms with Gasteiger partial charge in [-0.2, -0.15) is 4.98 Å². The largest absolute Gasteiger partial charge is 0.476 e. The van der Waals surface area contributed by atoms with E-state index in [0.29, 0.717) is 31.0 Å². The van der Waals surface area contributed by atoms with Crippen LogP contribution in [0.25, 0.3) is 5.65 Å². The van der Waals surface area contributed by atoms with E-state index in [-0.39, 0.29) is 30.6 Å². The number of aliphatic hydroxyl groups is 1. The molecule has 3 heterocycles. The van der Waals surface area contributed by atoms with Crippen molar-refractivity contribution in [3.63, 3.8) is 0 Å². The van der Waals surface area contributed by atoms with Crippen LogP contribution in [-0.4, -0.2) is 62.1 Å². The third-order valence-corrected chi connectivity index (χ3v) is 4.93. The molecule has 0 aliphatic carbocycles. The quantitative estimate of drug-likeness (QED) is 0.393. The van der Waals surface area contributed by atoms with Gasteiger partial charge in [-0.3, -0.25) is 0 Å². The summed E-state index contributed by atoms with van der Waals surface area (Å²) in [7, 11) is 1.89. The highest BCUT2D eigenvalue weighted by atomic mass is 16.5. The summed E-state index contributed by atoms with van der Waals surface area (Å²) in [5.74, 6) is 0.827. The molecule has 0 aliphatic heterocycles. The first-order valence-corrected chi connectivity index (χ1v) is 10.6. The Kier molecular flexibility index (Phi) is 7.96. The first-order valence-electron chi connectivity index (χ1n) is 10.6. The Balaban J connectivity index is 1.75. The van der Waals surface area contributed by atoms with Gasteiger partial charge in [0.1, 0.15) is 12.7 Å². The minimum absolute atomic E-state index is 0.0410. The molecule has 0 aromatic carbocycles. The molecule has 0 aliphatic rings. The van der Waals surface area contributed by atoms with Crippen LogP contribution in [0.1, 0.15) is 44.4 Å². The van der Waals surface area contributed by atoms with E-state index in [9.17, 15) is 5.11 Å². The molecule has 10 heteroatoms. The van der Waals surface area contributed by atoms with Crippen molar-refractivity contribution < 1.29 is 14.6 Å². The van der Waals surface area contributed by atoms with Crippen LogP contribution in [0.3, 0.4) is 0 Å². The Labute approximate surface area is 181 Å². The lowest BCUT2D eigenvalue weighted by atomic mass is 10.1. The monoisotopic (exact) mass is 429 g/mol. The lowest BCUT2D eigenvalue weighted by Gasteiger charge is -2.16. The van der Waals surface area contributed by atoms with Gasteiger partial charge in [0, 0.05) is 37.8 Å². The van der Waals surface area contributed by atoms with Crippen molar-refractivity contribution in [2.75, 3.05) is 26.0 Å². The summed E-state index contributed by atoms with van der Waals surface area (Å²) in [6.07, 6.45) is 6.14. The van der Waals surface area contributed by atoms with Gasteiger partial charge >= 0.3 is 6.01 Å². The average Bonchev–Trinajstić information content (AvgIpc) is 3.16. The highest BCUT2D eigenvalue weighted by Crippen LogP contribution is 2.19. The van der Waals surface area contributed by atoms with Gasteiger partial charge in [0.2, 0.25) is 5.88 Å². The topological polar surface area (TPSA) is 133 Å². The number of nitrogens with one attached hydrogen (secondary N) is 1. The first-order chi connectivity index (χ1) is 15.0. The van der Waals surface area contributed by atoms with Gasteiger partial charge in [-0.1, -0.05) is 19.4 Å². The Bertz CT molecular complexity index is 956. The molecule has 4 N–H and O–H groups in total. The maximum atomic E-state index is 9.26. The maximum Gasteiger partial charge on any atom is 0.336 e. The fourth-order valence-electron chi connectivity index (χ4n) is 3.08. The fourth-order valence-corrected chi connectivity index (χ4v) is 3.08. The van der Waals surface area contributed by atoms with Crippen molar-refractivity contribution in [1.29, 1.82) is 0 Å². The summed E-state index contributed by atoms with van der Waals surface area (Å²) in [4.78, 5) is 12.9. The van der Waals surface area contributed by atoms with Crippen molar-refractivity contribution in [3.8, 4) is 11.9 Å². The van der Waals surface area contributed by atoms with E-state index in [1.54, 1.807) is 16.9 Å². The molecule has 0 saturated heterocycles. The standard InChI is InChI=1S/C21H31N7O3/c1-4-5-17(8-9-29)31-21-26-19(22)20-25-12-16(28(20)27-21)10-15-6-7-18(24-11-15)30-13-14(2)23-3/h6-7,11-12,14,17,23,29H,4-5,8-10,13H2,1-3H3,(H2,22,26,27)/t14?,17-/m1/s1. The summed E-state index contributed by atoms with van der Waals surface area (Å²) in [5, 5.41) is 16.9. The molecule has 2 atom stereocenters. The zero-order valence-electron chi connectivity index (χ0n) is 18.3. The lowest BCUT2D eigenvalue weighted by Crippen LogP contribution is -2.28. The molecule has 3 aromatic heterocycles. The van der Waals surface area contributed by atoms with E-state index in [2.05, 4.69) is 32.3 Å². The second kappa shape index (κ2) is 10.9. The third-order valence-electron chi connectivity index (χ3n) is 4.93. The van der Waals surface area contributed by atoms with Crippen LogP contribution in [0.4, 0.5) is 5.82 Å². The molecule has 0 amide bonds. The van der Waals surface area contributed by atoms with Gasteiger partial charge in [-0.05, 0) is 26.0 Å². The summed E-state index contributed by atoms with van der Waals surface area (Å²) in [6, 6.07) is 4.24. The number of rotatable bonds is 12. The summed E-state index contributed by atoms with van der Waals surface area (Å²) < 4.78 is 13.2. The zero-order valence-corrected chi connectivity index (χ0v) is 18.3. The van der Waals surface area contributed by atoms with Crippen molar-refractivity contribution in [3.05, 3.63) is 35.8 Å². The molecule has 31 heavy (non-hydrogen) atoms. The number of fused-ring (bicyclic) bond motifs is 1. The first kappa shape index (κ1) is 22.7. The van der Waals surface area contributed by atoms with Gasteiger partial charge in [0.15, 0.2) is 11.5 Å². The predicted octanol–water partition coefficient (Wildman–Crippen LogP) is 1.61. The normalized spacial score (nSPS) is 13.3. The van der Waals surface area contributed by atoms with E-state index in [1.807, 2.05) is 26.1 Å². The zero-order chi connectivity index (χ0) is 22.2. The van der Waals surface area contributed by atoms with E-state index >= 15 is 0 Å². The van der Waals surface area contributed by atoms with Crippen LogP contribution in [0.5, 0.6) is 11.9 Å². The highest BCUT2D eigenvalue weighted by Gasteiger charge is 2.16. The summed E-state index contributed by atoms with van der Waals surface area (Å²) in [5.41, 5.74) is 8.38. The van der Waals surface area contributed by atoms with Gasteiger partial charge in [-0.15, -0.1) is 5.10 Å². The van der Waals surface area contributed by atoms with Gasteiger partial charge in [0.05, 0.1) is 11.9 Å². The van der Waals surface area contributed by atoms with Crippen LogP contribution in [0.15, 0.2) is 24.5 Å². The number of anilines is 1. The smallest absolute Gasteiger partial charge is 0.336 e. The number of hydrogen-bond acceptors (Lipinski definition) is 9. The van der Waals surface area contributed by atoms with Crippen LogP contribution in [-0.2, 0) is 6.42 Å². The van der Waals surface area contributed by atoms with Gasteiger partial charge in [-0.25, -0.2) is 14.5 Å². The van der Waals surface area contributed by atoms with Gasteiger partial charge < -0.3 is 25.6 Å². The van der Waals surface area contributed by atoms with Crippen molar-refractivity contribution in [2.45, 2.75) is 51.7 Å². The Morgan fingerprint density at radius 1 is 1.23 bits per heavy atom. The van der Waals surface area contributed by atoms with Crippen molar-refractivity contribution in [2.24, 2.45) is 0 Å². The average molecular weight is 430 g/mol. The number of nitrogens with two attached hydrogens (primary N) is 1. The summed E-state index contributed by atoms with van der Waals surface area (Å²) in [6.45, 7) is 4.69. The number of pyridine rings is 1. The van der Waals surface area contributed by atoms with Gasteiger partial charge in [0.25, 0.3) is 0 Å². The molecule has 0 saturated carbocycles. The van der Waals surface area contributed by atoms with E-state index < -0.39 is 0 Å². The summed E-state index contributed by atoms with van der Waals surface area (Å²) >= 11 is 0. The Morgan fingerprint density at radius 3 is 2.74 bits per heavy atom. The predicted molar refractivity (Wildman–Crippen MR) is 117 cm³/mol. The van der Waals surface area contributed by atoms with Crippen LogP contribution in [0.2, 0.25) is 0 Å². The maximum absolute atomic E-state index is 9.26. The molecule has 0 bridgehead atoms. The number of likely N-dealkylation sites (N-methyl/N-ethyl adjacent to an activating group) is 1. The molecular weight excluding hydrogens is 398 g/mol. The number of imidazole rings is 1. The molecule has 0 fully saturated rings. The lowest BCUT2D eigenvalue weighted by molar-refractivity contribution is 0.133. The van der Waals surface area contributed by atoms with E-state index in [0.717, 1.165) is 24.1 Å². The molecule has 168 valence electrons. The number of aliphatic hydroxyl groups excluding tert-OH is 1. The fraction of sp³-hybridized carbons (Fsp3) is 0.524. The number of aromatic nitrogens is 5. The molecule has 0 spiro atoms. The highest BCUT2D eigenvalue weighted by molar-refractivity contribution is 5.59. The Hall–Kier alpha value is -2.98. The van der Waals surface area contributed by atoms with Crippen LogP contribution in [0, 0.1) is 0 Å². The molecule has 0 radical (unpaired) electrons. The number of nitrogen functional groups attached to an aromatic ring is 1. The Morgan fingerprint density at radius 2 is 2.06 bits per heavy atom. The SMILES string of the molecule is CCC[C@H](CCO)Oc1nc(N)c2ncc(Cc3ccc(OCC(C)NC)nc3)n2n1. The molecule has 1 unspecified atom stereocenters.